The van der Waals surface area contributed by atoms with Crippen molar-refractivity contribution < 1.29 is 21.4 Å². The highest BCUT2D eigenvalue weighted by Crippen LogP contribution is 2.26. The lowest BCUT2D eigenvalue weighted by Crippen LogP contribution is -2.52. The molecule has 1 unspecified atom stereocenters. The molecule has 1 aliphatic heterocycles. The highest BCUT2D eigenvalue weighted by atomic mass is 32.2. The van der Waals surface area contributed by atoms with Gasteiger partial charge in [-0.3, -0.25) is 0 Å². The van der Waals surface area contributed by atoms with Gasteiger partial charge in [-0.15, -0.1) is 0 Å². The Morgan fingerprint density at radius 3 is 1.87 bits per heavy atom. The van der Waals surface area contributed by atoms with Crippen molar-refractivity contribution >= 4 is 35.0 Å². The summed E-state index contributed by atoms with van der Waals surface area (Å²) in [7, 11) is -8.62. The Bertz CT molecular complexity index is 466. The molecule has 1 heterocycles. The van der Waals surface area contributed by atoms with Crippen LogP contribution in [0, 0.1) is 0 Å². The highest BCUT2D eigenvalue weighted by Gasteiger charge is 2.40. The maximum Gasteiger partial charge on any atom is 0.314 e. The Kier molecular flexibility index (Phi) is 7.29. The molecule has 0 bridgehead atoms. The van der Waals surface area contributed by atoms with Crippen LogP contribution in [0.15, 0.2) is 0 Å². The minimum atomic E-state index is -3.02. The molecule has 1 rings (SSSR count). The summed E-state index contributed by atoms with van der Waals surface area (Å²) in [6, 6.07) is 0.855. The average molecular weight is 399 g/mol. The van der Waals surface area contributed by atoms with Crippen LogP contribution in [0.4, 0.5) is 0 Å². The van der Waals surface area contributed by atoms with E-state index < -0.39 is 40.5 Å². The topological polar surface area (TPSA) is 61.8 Å². The van der Waals surface area contributed by atoms with E-state index in [4.69, 9.17) is 13.0 Å². The third kappa shape index (κ3) is 8.41. The first-order valence-electron chi connectivity index (χ1n) is 8.46. The molecule has 0 N–H and O–H groups in total. The summed E-state index contributed by atoms with van der Waals surface area (Å²) in [4.78, 5) is 0. The van der Waals surface area contributed by atoms with E-state index >= 15 is 0 Å². The van der Waals surface area contributed by atoms with E-state index in [9.17, 15) is 8.42 Å². The number of hydrogen-bond donors (Lipinski definition) is 0. The van der Waals surface area contributed by atoms with E-state index in [0.29, 0.717) is 13.0 Å². The molecule has 0 saturated carbocycles. The summed E-state index contributed by atoms with van der Waals surface area (Å²) < 4.78 is 42.0. The Hall–Kier alpha value is 0.481. The predicted molar refractivity (Wildman–Crippen MR) is 103 cm³/mol. The van der Waals surface area contributed by atoms with Gasteiger partial charge in [0.1, 0.15) is 0 Å². The van der Waals surface area contributed by atoms with Gasteiger partial charge in [0.05, 0.1) is 5.75 Å². The van der Waals surface area contributed by atoms with Crippen LogP contribution in [0.3, 0.4) is 0 Å². The second kappa shape index (κ2) is 7.79. The van der Waals surface area contributed by atoms with E-state index in [0.717, 1.165) is 18.9 Å². The minimum Gasteiger partial charge on any atom is -0.437 e. The van der Waals surface area contributed by atoms with Crippen LogP contribution in [0.25, 0.3) is 0 Å². The second-order valence-electron chi connectivity index (χ2n) is 8.48. The Morgan fingerprint density at radius 1 is 0.957 bits per heavy atom. The molecule has 0 amide bonds. The van der Waals surface area contributed by atoms with Gasteiger partial charge in [-0.25, -0.2) is 8.42 Å². The van der Waals surface area contributed by atoms with Gasteiger partial charge in [0, 0.05) is 6.61 Å². The van der Waals surface area contributed by atoms with E-state index in [1.807, 2.05) is 0 Å². The first-order chi connectivity index (χ1) is 10.2. The highest BCUT2D eigenvalue weighted by molar-refractivity contribution is 7.92. The summed E-state index contributed by atoms with van der Waals surface area (Å²) in [5.74, 6) is 0.265. The Morgan fingerprint density at radius 2 is 1.48 bits per heavy atom. The van der Waals surface area contributed by atoms with Crippen LogP contribution >= 0.6 is 0 Å². The first kappa shape index (κ1) is 21.5. The monoisotopic (exact) mass is 398 g/mol. The van der Waals surface area contributed by atoms with Gasteiger partial charge in [-0.2, -0.15) is 0 Å². The predicted octanol–water partition coefficient (Wildman–Crippen LogP) is 3.70. The molecule has 0 radical (unpaired) electrons. The van der Waals surface area contributed by atoms with Crippen molar-refractivity contribution in [3.63, 3.8) is 0 Å². The molecule has 138 valence electrons. The van der Waals surface area contributed by atoms with Gasteiger partial charge in [-0.05, 0) is 71.1 Å². The molecule has 0 spiro atoms. The molecule has 0 aromatic carbocycles. The maximum atomic E-state index is 11.8. The minimum absolute atomic E-state index is 0.265. The second-order valence-corrected chi connectivity index (χ2v) is 23.6. The zero-order valence-corrected chi connectivity index (χ0v) is 19.6. The first-order valence-corrected chi connectivity index (χ1v) is 19.5. The van der Waals surface area contributed by atoms with Crippen LogP contribution in [0.5, 0.6) is 0 Å². The van der Waals surface area contributed by atoms with Crippen molar-refractivity contribution in [2.24, 2.45) is 0 Å². The maximum absolute atomic E-state index is 11.8. The zero-order chi connectivity index (χ0) is 17.9. The lowest BCUT2D eigenvalue weighted by Gasteiger charge is -2.38. The van der Waals surface area contributed by atoms with Gasteiger partial charge < -0.3 is 13.0 Å². The Labute approximate surface area is 145 Å². The molecule has 5 nitrogen and oxygen atoms in total. The molecule has 23 heavy (non-hydrogen) atoms. The van der Waals surface area contributed by atoms with Crippen molar-refractivity contribution in [3.8, 4) is 0 Å². The number of sulfone groups is 1. The van der Waals surface area contributed by atoms with Gasteiger partial charge in [0.2, 0.25) is 0 Å². The molecule has 1 aliphatic rings. The van der Waals surface area contributed by atoms with Crippen LogP contribution in [0.2, 0.25) is 51.9 Å². The lowest BCUT2D eigenvalue weighted by atomic mass is 10.4. The van der Waals surface area contributed by atoms with Gasteiger partial charge in [0.15, 0.2) is 31.9 Å². The van der Waals surface area contributed by atoms with Gasteiger partial charge in [0.25, 0.3) is 0 Å². The summed E-state index contributed by atoms with van der Waals surface area (Å²) in [5, 5.41) is 0. The normalized spacial score (nSPS) is 22.5. The smallest absolute Gasteiger partial charge is 0.314 e. The fraction of sp³-hybridized carbons (Fsp3) is 1.00. The van der Waals surface area contributed by atoms with Crippen molar-refractivity contribution in [1.29, 1.82) is 0 Å². The average Bonchev–Trinajstić information content (AvgIpc) is 2.58. The van der Waals surface area contributed by atoms with Crippen molar-refractivity contribution in [3.05, 3.63) is 0 Å². The third-order valence-corrected chi connectivity index (χ3v) is 15.0. The molecule has 0 aromatic rings. The van der Waals surface area contributed by atoms with Crippen molar-refractivity contribution in [2.75, 3.05) is 12.4 Å². The molecule has 1 atom stereocenters. The lowest BCUT2D eigenvalue weighted by molar-refractivity contribution is 0.104. The molecule has 9 heteroatoms. The van der Waals surface area contributed by atoms with Crippen LogP contribution < -0.4 is 0 Å². The number of hydrogen-bond acceptors (Lipinski definition) is 5. The van der Waals surface area contributed by atoms with E-state index in [1.165, 1.54) is 0 Å². The molecule has 0 aromatic heterocycles. The van der Waals surface area contributed by atoms with Crippen LogP contribution in [-0.2, 0) is 22.8 Å². The number of ether oxygens (including phenoxy) is 1. The van der Waals surface area contributed by atoms with Crippen LogP contribution in [0.1, 0.15) is 19.3 Å². The summed E-state index contributed by atoms with van der Waals surface area (Å²) >= 11 is 0. The van der Waals surface area contributed by atoms with Crippen LogP contribution in [-0.4, -0.2) is 51.4 Å². The molecule has 1 fully saturated rings. The molecule has 0 aliphatic carbocycles. The number of rotatable bonds is 9. The Balaban J connectivity index is 2.54. The quantitative estimate of drug-likeness (QED) is 0.438. The van der Waals surface area contributed by atoms with E-state index in [2.05, 4.69) is 45.8 Å². The van der Waals surface area contributed by atoms with E-state index in [1.54, 1.807) is 0 Å². The summed E-state index contributed by atoms with van der Waals surface area (Å²) in [5.41, 5.74) is -0.591. The van der Waals surface area contributed by atoms with Crippen molar-refractivity contribution in [1.82, 2.24) is 0 Å². The molecular formula is C14H34O5SSi3. The van der Waals surface area contributed by atoms with Gasteiger partial charge >= 0.3 is 8.56 Å². The molecular weight excluding hydrogens is 364 g/mol. The van der Waals surface area contributed by atoms with E-state index in [-0.39, 0.29) is 5.75 Å². The summed E-state index contributed by atoms with van der Waals surface area (Å²) in [6.07, 6.45) is 2.15. The SMILES string of the molecule is C[Si](C)(C)O[Si](C)(CCCOC1CCCS1(=O)=O)O[Si](C)(C)C. The van der Waals surface area contributed by atoms with Gasteiger partial charge in [-0.1, -0.05) is 0 Å². The fourth-order valence-corrected chi connectivity index (χ4v) is 17.1. The molecule has 1 saturated heterocycles. The standard InChI is InChI=1S/C14H34O5SSi3/c1-21(2,3)18-23(7,19-22(4,5)6)13-9-11-17-14-10-8-12-20(14,15)16/h14H,8-13H2,1-7H3. The third-order valence-electron chi connectivity index (χ3n) is 3.39. The van der Waals surface area contributed by atoms with Crippen molar-refractivity contribution in [2.45, 2.75) is 76.6 Å². The fourth-order valence-electron chi connectivity index (χ4n) is 2.98. The summed E-state index contributed by atoms with van der Waals surface area (Å²) in [6.45, 7) is 15.7. The zero-order valence-electron chi connectivity index (χ0n) is 15.8. The largest absolute Gasteiger partial charge is 0.437 e.